The van der Waals surface area contributed by atoms with Crippen molar-refractivity contribution < 1.29 is 5.11 Å². The smallest absolute Gasteiger partial charge is 0.0683 e. The van der Waals surface area contributed by atoms with E-state index in [9.17, 15) is 0 Å². The van der Waals surface area contributed by atoms with E-state index in [4.69, 9.17) is 5.11 Å². The molecule has 0 bridgehead atoms. The van der Waals surface area contributed by atoms with E-state index in [-0.39, 0.29) is 6.61 Å². The van der Waals surface area contributed by atoms with Crippen molar-refractivity contribution in [3.63, 3.8) is 0 Å². The topological polar surface area (TPSA) is 33.1 Å². The molecule has 0 unspecified atom stereocenters. The van der Waals surface area contributed by atoms with Crippen LogP contribution in [0.2, 0.25) is 0 Å². The van der Waals surface area contributed by atoms with Crippen LogP contribution >= 0.6 is 0 Å². The second kappa shape index (κ2) is 3.83. The molecule has 1 N–H and O–H groups in total. The largest absolute Gasteiger partial charge is 0.392 e. The van der Waals surface area contributed by atoms with Crippen molar-refractivity contribution in [3.05, 3.63) is 42.2 Å². The fraction of sp³-hybridized carbons (Fsp3) is 0.100. The number of nitrogens with zero attached hydrogens (tertiary/aromatic N) is 1. The van der Waals surface area contributed by atoms with Gasteiger partial charge < -0.3 is 5.11 Å². The summed E-state index contributed by atoms with van der Waals surface area (Å²) in [6.07, 6.45) is 3.29. The average Bonchev–Trinajstić information content (AvgIpc) is 2.16. The number of rotatable bonds is 3. The SMILES string of the molecule is C=Cc1cc(CO)cc(C=C)n1. The van der Waals surface area contributed by atoms with Crippen LogP contribution < -0.4 is 0 Å². The fourth-order valence-corrected chi connectivity index (χ4v) is 0.936. The Morgan fingerprint density at radius 1 is 1.25 bits per heavy atom. The van der Waals surface area contributed by atoms with Gasteiger partial charge in [-0.2, -0.15) is 0 Å². The summed E-state index contributed by atoms with van der Waals surface area (Å²) in [5.74, 6) is 0. The molecule has 0 aliphatic carbocycles. The summed E-state index contributed by atoms with van der Waals surface area (Å²) in [5, 5.41) is 8.88. The van der Waals surface area contributed by atoms with E-state index in [1.54, 1.807) is 24.3 Å². The highest BCUT2D eigenvalue weighted by molar-refractivity contribution is 5.50. The van der Waals surface area contributed by atoms with Crippen LogP contribution in [0, 0.1) is 0 Å². The summed E-state index contributed by atoms with van der Waals surface area (Å²) in [5.41, 5.74) is 2.35. The predicted octanol–water partition coefficient (Wildman–Crippen LogP) is 1.86. The van der Waals surface area contributed by atoms with E-state index in [1.165, 1.54) is 0 Å². The second-order valence-corrected chi connectivity index (χ2v) is 2.39. The van der Waals surface area contributed by atoms with Crippen LogP contribution in [0.1, 0.15) is 17.0 Å². The highest BCUT2D eigenvalue weighted by Crippen LogP contribution is 2.08. The van der Waals surface area contributed by atoms with Crippen LogP contribution in [-0.2, 0) is 6.61 Å². The Kier molecular flexibility index (Phi) is 2.77. The molecule has 0 spiro atoms. The summed E-state index contributed by atoms with van der Waals surface area (Å²) in [4.78, 5) is 4.17. The zero-order chi connectivity index (χ0) is 8.97. The number of pyridine rings is 1. The first-order chi connectivity index (χ1) is 5.80. The van der Waals surface area contributed by atoms with Crippen molar-refractivity contribution in [2.45, 2.75) is 6.61 Å². The minimum atomic E-state index is 0.0181. The predicted molar refractivity (Wildman–Crippen MR) is 50.3 cm³/mol. The maximum Gasteiger partial charge on any atom is 0.0683 e. The number of hydrogen-bond donors (Lipinski definition) is 1. The molecule has 0 aliphatic rings. The molecule has 0 radical (unpaired) electrons. The van der Waals surface area contributed by atoms with E-state index in [0.717, 1.165) is 17.0 Å². The van der Waals surface area contributed by atoms with Gasteiger partial charge in [0.25, 0.3) is 0 Å². The number of aromatic nitrogens is 1. The van der Waals surface area contributed by atoms with Crippen molar-refractivity contribution in [1.29, 1.82) is 0 Å². The Balaban J connectivity index is 3.18. The van der Waals surface area contributed by atoms with Crippen molar-refractivity contribution in [3.8, 4) is 0 Å². The Labute approximate surface area is 71.9 Å². The molecule has 0 aromatic carbocycles. The van der Waals surface area contributed by atoms with Crippen molar-refractivity contribution in [2.75, 3.05) is 0 Å². The monoisotopic (exact) mass is 161 g/mol. The van der Waals surface area contributed by atoms with Gasteiger partial charge in [0.15, 0.2) is 0 Å². The zero-order valence-electron chi connectivity index (χ0n) is 6.83. The molecule has 1 rings (SSSR count). The lowest BCUT2D eigenvalue weighted by molar-refractivity contribution is 0.281. The molecule has 0 fully saturated rings. The number of aliphatic hydroxyl groups excluding tert-OH is 1. The third kappa shape index (κ3) is 1.80. The van der Waals surface area contributed by atoms with Gasteiger partial charge >= 0.3 is 0 Å². The first kappa shape index (κ1) is 8.68. The van der Waals surface area contributed by atoms with Crippen LogP contribution in [0.5, 0.6) is 0 Å². The van der Waals surface area contributed by atoms with Gasteiger partial charge in [0.1, 0.15) is 0 Å². The number of aliphatic hydroxyl groups is 1. The zero-order valence-corrected chi connectivity index (χ0v) is 6.83. The molecular weight excluding hydrogens is 150 g/mol. The van der Waals surface area contributed by atoms with Crippen LogP contribution in [0.3, 0.4) is 0 Å². The van der Waals surface area contributed by atoms with E-state index in [0.29, 0.717) is 0 Å². The molecule has 1 aromatic rings. The molecule has 0 aliphatic heterocycles. The Bertz CT molecular complexity index is 278. The molecule has 62 valence electrons. The minimum Gasteiger partial charge on any atom is -0.392 e. The third-order valence-electron chi connectivity index (χ3n) is 1.53. The van der Waals surface area contributed by atoms with Gasteiger partial charge in [-0.25, -0.2) is 4.98 Å². The molecule has 1 aromatic heterocycles. The maximum absolute atomic E-state index is 8.88. The minimum absolute atomic E-state index is 0.0181. The Morgan fingerprint density at radius 3 is 2.08 bits per heavy atom. The second-order valence-electron chi connectivity index (χ2n) is 2.39. The van der Waals surface area contributed by atoms with Gasteiger partial charge in [-0.05, 0) is 29.8 Å². The molecule has 2 nitrogen and oxygen atoms in total. The standard InChI is InChI=1S/C10H11NO/c1-3-9-5-8(7-12)6-10(4-2)11-9/h3-6,12H,1-2,7H2. The summed E-state index contributed by atoms with van der Waals surface area (Å²) in [7, 11) is 0. The van der Waals surface area contributed by atoms with Gasteiger partial charge in [-0.3, -0.25) is 0 Å². The molecule has 0 atom stereocenters. The van der Waals surface area contributed by atoms with E-state index in [2.05, 4.69) is 18.1 Å². The molecule has 2 heteroatoms. The van der Waals surface area contributed by atoms with Crippen LogP contribution in [0.4, 0.5) is 0 Å². The molecule has 0 saturated heterocycles. The van der Waals surface area contributed by atoms with Gasteiger partial charge in [-0.1, -0.05) is 13.2 Å². The van der Waals surface area contributed by atoms with Gasteiger partial charge in [-0.15, -0.1) is 0 Å². The van der Waals surface area contributed by atoms with Crippen molar-refractivity contribution in [1.82, 2.24) is 4.98 Å². The van der Waals surface area contributed by atoms with Gasteiger partial charge in [0.05, 0.1) is 18.0 Å². The van der Waals surface area contributed by atoms with Crippen LogP contribution in [0.25, 0.3) is 12.2 Å². The molecular formula is C10H11NO. The quantitative estimate of drug-likeness (QED) is 0.734. The Morgan fingerprint density at radius 2 is 1.75 bits per heavy atom. The lowest BCUT2D eigenvalue weighted by Gasteiger charge is -2.00. The molecule has 1 heterocycles. The highest BCUT2D eigenvalue weighted by atomic mass is 16.3. The summed E-state index contributed by atoms with van der Waals surface area (Å²) in [6.45, 7) is 7.22. The molecule has 0 amide bonds. The fourth-order valence-electron chi connectivity index (χ4n) is 0.936. The lowest BCUT2D eigenvalue weighted by atomic mass is 10.2. The first-order valence-corrected chi connectivity index (χ1v) is 3.67. The Hall–Kier alpha value is -1.41. The third-order valence-corrected chi connectivity index (χ3v) is 1.53. The van der Waals surface area contributed by atoms with Gasteiger partial charge in [0.2, 0.25) is 0 Å². The molecule has 12 heavy (non-hydrogen) atoms. The summed E-state index contributed by atoms with van der Waals surface area (Å²) >= 11 is 0. The van der Waals surface area contributed by atoms with E-state index >= 15 is 0 Å². The maximum atomic E-state index is 8.88. The van der Waals surface area contributed by atoms with E-state index < -0.39 is 0 Å². The normalized spacial score (nSPS) is 9.42. The van der Waals surface area contributed by atoms with Crippen LogP contribution in [-0.4, -0.2) is 10.1 Å². The lowest BCUT2D eigenvalue weighted by Crippen LogP contribution is -1.90. The van der Waals surface area contributed by atoms with Crippen LogP contribution in [0.15, 0.2) is 25.3 Å². The molecule has 0 saturated carbocycles. The number of hydrogen-bond acceptors (Lipinski definition) is 2. The highest BCUT2D eigenvalue weighted by Gasteiger charge is 1.96. The van der Waals surface area contributed by atoms with Crippen molar-refractivity contribution >= 4 is 12.2 Å². The average molecular weight is 161 g/mol. The summed E-state index contributed by atoms with van der Waals surface area (Å²) in [6, 6.07) is 3.58. The first-order valence-electron chi connectivity index (χ1n) is 3.67. The summed E-state index contributed by atoms with van der Waals surface area (Å²) < 4.78 is 0. The van der Waals surface area contributed by atoms with Gasteiger partial charge in [0, 0.05) is 0 Å². The van der Waals surface area contributed by atoms with E-state index in [1.807, 2.05) is 0 Å². The van der Waals surface area contributed by atoms with Crippen molar-refractivity contribution in [2.24, 2.45) is 0 Å².